The smallest absolute Gasteiger partial charge is 0.115 e. The summed E-state index contributed by atoms with van der Waals surface area (Å²) in [5.74, 6) is 0.847. The van der Waals surface area contributed by atoms with Crippen LogP contribution in [0.2, 0.25) is 0 Å². The minimum absolute atomic E-state index is 0.774. The molecule has 0 aromatic carbocycles. The van der Waals surface area contributed by atoms with Crippen LogP contribution in [0, 0.1) is 11.3 Å². The van der Waals surface area contributed by atoms with E-state index >= 15 is 0 Å². The lowest BCUT2D eigenvalue weighted by Crippen LogP contribution is -2.11. The molecule has 3 aromatic heterocycles. The average molecular weight is 364 g/mol. The molecular weight excluding hydrogens is 346 g/mol. The van der Waals surface area contributed by atoms with Crippen LogP contribution in [0.1, 0.15) is 34.4 Å². The zero-order valence-electron chi connectivity index (χ0n) is 13.7. The van der Waals surface area contributed by atoms with Gasteiger partial charge >= 0.3 is 0 Å². The number of thiophene rings is 1. The molecule has 0 amide bonds. The summed E-state index contributed by atoms with van der Waals surface area (Å²) in [4.78, 5) is 10.7. The molecule has 0 saturated carbocycles. The van der Waals surface area contributed by atoms with Gasteiger partial charge in [-0.25, -0.2) is 4.98 Å². The van der Waals surface area contributed by atoms with Crippen LogP contribution in [-0.2, 0) is 18.6 Å². The van der Waals surface area contributed by atoms with Crippen LogP contribution in [0.15, 0.2) is 46.9 Å². The fourth-order valence-electron chi connectivity index (χ4n) is 3.27. The molecule has 3 nitrogen and oxygen atoms in total. The van der Waals surface area contributed by atoms with Gasteiger partial charge in [0.15, 0.2) is 0 Å². The highest BCUT2D eigenvalue weighted by Gasteiger charge is 2.23. The molecule has 0 fully saturated rings. The number of aromatic nitrogens is 2. The number of nitriles is 1. The van der Waals surface area contributed by atoms with Gasteiger partial charge in [0.25, 0.3) is 0 Å². The van der Waals surface area contributed by atoms with Crippen molar-refractivity contribution in [3.63, 3.8) is 0 Å². The van der Waals surface area contributed by atoms with Gasteiger partial charge < -0.3 is 0 Å². The second-order valence-corrected chi connectivity index (χ2v) is 8.00. The lowest BCUT2D eigenvalue weighted by Gasteiger charge is -2.21. The zero-order chi connectivity index (χ0) is 17.1. The molecule has 1 aliphatic carbocycles. The normalized spacial score (nSPS) is 13.2. The SMILES string of the molecule is N#Cc1c(SCc2cccs2)nc(-c2ccccn2)c2c1CCCC2. The molecule has 124 valence electrons. The lowest BCUT2D eigenvalue weighted by molar-refractivity contribution is 0.677. The summed E-state index contributed by atoms with van der Waals surface area (Å²) in [5.41, 5.74) is 5.06. The van der Waals surface area contributed by atoms with Crippen molar-refractivity contribution in [2.24, 2.45) is 0 Å². The summed E-state index contributed by atoms with van der Waals surface area (Å²) in [6.07, 6.45) is 6.05. The maximum absolute atomic E-state index is 9.78. The van der Waals surface area contributed by atoms with E-state index in [-0.39, 0.29) is 0 Å². The Kier molecular flexibility index (Phi) is 4.82. The standard InChI is InChI=1S/C20H17N3S2/c21-12-17-15-7-1-2-8-16(15)19(18-9-3-4-10-22-18)23-20(17)25-13-14-6-5-11-24-14/h3-6,9-11H,1-2,7-8,13H2. The van der Waals surface area contributed by atoms with E-state index in [9.17, 15) is 5.26 Å². The van der Waals surface area contributed by atoms with Crippen LogP contribution in [0.25, 0.3) is 11.4 Å². The summed E-state index contributed by atoms with van der Waals surface area (Å²) in [7, 11) is 0. The highest BCUT2D eigenvalue weighted by atomic mass is 32.2. The van der Waals surface area contributed by atoms with Gasteiger partial charge in [0.2, 0.25) is 0 Å². The third-order valence-corrected chi connectivity index (χ3v) is 6.52. The third-order valence-electron chi connectivity index (χ3n) is 4.43. The Balaban J connectivity index is 1.81. The number of hydrogen-bond acceptors (Lipinski definition) is 5. The van der Waals surface area contributed by atoms with Crippen molar-refractivity contribution < 1.29 is 0 Å². The molecule has 5 heteroatoms. The van der Waals surface area contributed by atoms with Gasteiger partial charge in [-0.2, -0.15) is 5.26 Å². The predicted molar refractivity (Wildman–Crippen MR) is 103 cm³/mol. The first-order chi connectivity index (χ1) is 12.4. The number of thioether (sulfide) groups is 1. The molecule has 0 spiro atoms. The Bertz CT molecular complexity index is 912. The van der Waals surface area contributed by atoms with Crippen molar-refractivity contribution in [3.05, 3.63) is 63.5 Å². The lowest BCUT2D eigenvalue weighted by atomic mass is 9.87. The summed E-state index contributed by atoms with van der Waals surface area (Å²) in [6, 6.07) is 12.5. The Morgan fingerprint density at radius 3 is 2.72 bits per heavy atom. The van der Waals surface area contributed by atoms with E-state index in [4.69, 9.17) is 4.98 Å². The molecule has 3 heterocycles. The van der Waals surface area contributed by atoms with E-state index in [1.165, 1.54) is 16.0 Å². The van der Waals surface area contributed by atoms with Crippen LogP contribution >= 0.6 is 23.1 Å². The highest BCUT2D eigenvalue weighted by molar-refractivity contribution is 7.98. The molecule has 4 rings (SSSR count). The molecule has 3 aromatic rings. The van der Waals surface area contributed by atoms with Crippen molar-refractivity contribution in [2.75, 3.05) is 0 Å². The van der Waals surface area contributed by atoms with Crippen LogP contribution in [0.5, 0.6) is 0 Å². The first kappa shape index (κ1) is 16.3. The quantitative estimate of drug-likeness (QED) is 0.594. The molecule has 0 bridgehead atoms. The summed E-state index contributed by atoms with van der Waals surface area (Å²) in [6.45, 7) is 0. The van der Waals surface area contributed by atoms with E-state index in [1.807, 2.05) is 24.4 Å². The number of hydrogen-bond donors (Lipinski definition) is 0. The van der Waals surface area contributed by atoms with Crippen LogP contribution < -0.4 is 0 Å². The fourth-order valence-corrected chi connectivity index (χ4v) is 5.05. The molecule has 0 radical (unpaired) electrons. The number of nitrogens with zero attached hydrogens (tertiary/aromatic N) is 3. The maximum Gasteiger partial charge on any atom is 0.115 e. The monoisotopic (exact) mass is 363 g/mol. The summed E-state index contributed by atoms with van der Waals surface area (Å²) < 4.78 is 0. The third kappa shape index (κ3) is 3.33. The molecule has 0 atom stereocenters. The van der Waals surface area contributed by atoms with E-state index in [2.05, 4.69) is 28.6 Å². The fraction of sp³-hybridized carbons (Fsp3) is 0.250. The zero-order valence-corrected chi connectivity index (χ0v) is 15.4. The van der Waals surface area contributed by atoms with Crippen molar-refractivity contribution in [1.82, 2.24) is 9.97 Å². The van der Waals surface area contributed by atoms with Gasteiger partial charge in [-0.1, -0.05) is 23.9 Å². The second-order valence-electron chi connectivity index (χ2n) is 6.00. The van der Waals surface area contributed by atoms with Crippen LogP contribution in [0.3, 0.4) is 0 Å². The van der Waals surface area contributed by atoms with Crippen LogP contribution in [0.4, 0.5) is 0 Å². The van der Waals surface area contributed by atoms with Gasteiger partial charge in [0.05, 0.1) is 17.0 Å². The molecular formula is C20H17N3S2. The van der Waals surface area contributed by atoms with Crippen molar-refractivity contribution in [2.45, 2.75) is 36.5 Å². The number of rotatable bonds is 4. The first-order valence-electron chi connectivity index (χ1n) is 8.39. The Hall–Kier alpha value is -2.16. The summed E-state index contributed by atoms with van der Waals surface area (Å²) >= 11 is 3.40. The molecule has 1 aliphatic rings. The van der Waals surface area contributed by atoms with Gasteiger partial charge in [-0.3, -0.25) is 4.98 Å². The van der Waals surface area contributed by atoms with Crippen molar-refractivity contribution >= 4 is 23.1 Å². The Labute approximate surface area is 155 Å². The molecule has 0 N–H and O–H groups in total. The second kappa shape index (κ2) is 7.38. The van der Waals surface area contributed by atoms with Gasteiger partial charge in [-0.05, 0) is 60.4 Å². The Morgan fingerprint density at radius 1 is 1.12 bits per heavy atom. The van der Waals surface area contributed by atoms with Crippen molar-refractivity contribution in [3.8, 4) is 17.5 Å². The minimum Gasteiger partial charge on any atom is -0.255 e. The molecule has 0 unspecified atom stereocenters. The van der Waals surface area contributed by atoms with E-state index in [0.717, 1.165) is 53.4 Å². The molecule has 0 aliphatic heterocycles. The first-order valence-corrected chi connectivity index (χ1v) is 10.3. The molecule has 0 saturated heterocycles. The topological polar surface area (TPSA) is 49.6 Å². The van der Waals surface area contributed by atoms with Gasteiger partial charge in [-0.15, -0.1) is 11.3 Å². The minimum atomic E-state index is 0.774. The summed E-state index contributed by atoms with van der Waals surface area (Å²) in [5, 5.41) is 12.7. The number of pyridine rings is 2. The van der Waals surface area contributed by atoms with E-state index in [1.54, 1.807) is 23.1 Å². The Morgan fingerprint density at radius 2 is 2.00 bits per heavy atom. The maximum atomic E-state index is 9.78. The van der Waals surface area contributed by atoms with E-state index < -0.39 is 0 Å². The van der Waals surface area contributed by atoms with Gasteiger partial charge in [0.1, 0.15) is 11.1 Å². The largest absolute Gasteiger partial charge is 0.255 e. The average Bonchev–Trinajstić information content (AvgIpc) is 3.19. The van der Waals surface area contributed by atoms with Gasteiger partial charge in [0, 0.05) is 16.8 Å². The number of fused-ring (bicyclic) bond motifs is 1. The highest BCUT2D eigenvalue weighted by Crippen LogP contribution is 2.37. The van der Waals surface area contributed by atoms with E-state index in [0.29, 0.717) is 0 Å². The predicted octanol–water partition coefficient (Wildman–Crippen LogP) is 5.25. The van der Waals surface area contributed by atoms with Crippen molar-refractivity contribution in [1.29, 1.82) is 5.26 Å². The molecule has 25 heavy (non-hydrogen) atoms. The van der Waals surface area contributed by atoms with Crippen LogP contribution in [-0.4, -0.2) is 9.97 Å².